The van der Waals surface area contributed by atoms with Gasteiger partial charge in [0.2, 0.25) is 0 Å². The Hall–Kier alpha value is -1.70. The summed E-state index contributed by atoms with van der Waals surface area (Å²) in [5.74, 6) is -0.490. The maximum absolute atomic E-state index is 12.8. The number of aliphatic hydroxyl groups is 5. The fraction of sp³-hybridized carbons (Fsp3) is 0.812. The molecule has 356 valence electrons. The predicted octanol–water partition coefficient (Wildman–Crippen LogP) is 10.0. The minimum atomic E-state index is -5.02. The average Bonchev–Trinajstić information content (AvgIpc) is 3.24. The van der Waals surface area contributed by atoms with Gasteiger partial charge in [0.1, 0.15) is 42.7 Å². The summed E-state index contributed by atoms with van der Waals surface area (Å²) in [5, 5.41) is 50.2. The second-order valence-electron chi connectivity index (χ2n) is 16.6. The van der Waals surface area contributed by atoms with Crippen molar-refractivity contribution in [1.29, 1.82) is 0 Å². The third kappa shape index (κ3) is 30.9. The van der Waals surface area contributed by atoms with Crippen LogP contribution in [0.4, 0.5) is 0 Å². The van der Waals surface area contributed by atoms with Crippen molar-refractivity contribution < 1.29 is 58.3 Å². The van der Waals surface area contributed by atoms with Crippen LogP contribution in [0.15, 0.2) is 48.6 Å². The van der Waals surface area contributed by atoms with E-state index in [9.17, 15) is 39.8 Å². The van der Waals surface area contributed by atoms with E-state index in [2.05, 4.69) is 62.5 Å². The largest absolute Gasteiger partial charge is 0.472 e. The van der Waals surface area contributed by atoms with Gasteiger partial charge < -0.3 is 39.9 Å². The Labute approximate surface area is 369 Å². The molecule has 0 aromatic rings. The maximum Gasteiger partial charge on any atom is 0.472 e. The molecule has 0 radical (unpaired) electrons. The molecule has 0 spiro atoms. The predicted molar refractivity (Wildman–Crippen MR) is 244 cm³/mol. The number of ether oxygens (including phenoxy) is 2. The van der Waals surface area contributed by atoms with E-state index in [1.165, 1.54) is 77.0 Å². The van der Waals surface area contributed by atoms with Gasteiger partial charge in [-0.3, -0.25) is 13.8 Å². The molecule has 1 aliphatic rings. The highest BCUT2D eigenvalue weighted by Gasteiger charge is 2.51. The standard InChI is InChI=1S/C48H87O12P/c1-3-5-7-9-11-13-15-17-19-20-21-22-23-25-27-29-31-33-35-37-42(49)59-41(40-58-61(55,56)60-48-46(53)44(51)43(50)45(52)47(48)54)39-57-38-36-34-32-30-28-26-24-18-16-14-12-10-8-6-4-2/h5,7,11,13,17,19,21-22,41,43-48,50-54H,3-4,6,8-10,12,14-16,18,20,23-40H2,1-2H3,(H,55,56)/b7-5-,13-11-,19-17-,22-21-. The highest BCUT2D eigenvalue weighted by molar-refractivity contribution is 7.47. The fourth-order valence-electron chi connectivity index (χ4n) is 7.17. The van der Waals surface area contributed by atoms with Crippen molar-refractivity contribution >= 4 is 13.8 Å². The molecule has 0 aliphatic heterocycles. The lowest BCUT2D eigenvalue weighted by Crippen LogP contribution is -2.64. The van der Waals surface area contributed by atoms with Gasteiger partial charge in [-0.2, -0.15) is 0 Å². The number of carbonyl (C=O) groups excluding carboxylic acids is 1. The van der Waals surface area contributed by atoms with Gasteiger partial charge >= 0.3 is 13.8 Å². The van der Waals surface area contributed by atoms with E-state index in [4.69, 9.17) is 18.5 Å². The van der Waals surface area contributed by atoms with Crippen LogP contribution in [0.3, 0.4) is 0 Å². The topological polar surface area (TPSA) is 192 Å². The lowest BCUT2D eigenvalue weighted by Gasteiger charge is -2.41. The monoisotopic (exact) mass is 887 g/mol. The van der Waals surface area contributed by atoms with Crippen molar-refractivity contribution in [3.05, 3.63) is 48.6 Å². The Morgan fingerprint density at radius 2 is 0.967 bits per heavy atom. The van der Waals surface area contributed by atoms with Crippen molar-refractivity contribution in [2.75, 3.05) is 19.8 Å². The van der Waals surface area contributed by atoms with Crippen LogP contribution in [0.5, 0.6) is 0 Å². The molecular weight excluding hydrogens is 799 g/mol. The summed E-state index contributed by atoms with van der Waals surface area (Å²) >= 11 is 0. The third-order valence-electron chi connectivity index (χ3n) is 11.0. The van der Waals surface area contributed by atoms with E-state index in [1.54, 1.807) is 0 Å². The molecule has 0 amide bonds. The first-order chi connectivity index (χ1) is 29.5. The van der Waals surface area contributed by atoms with Crippen LogP contribution >= 0.6 is 7.82 Å². The van der Waals surface area contributed by atoms with Gasteiger partial charge in [-0.05, 0) is 51.4 Å². The summed E-state index contributed by atoms with van der Waals surface area (Å²) in [6.07, 6.45) is 34.6. The Balaban J connectivity index is 2.39. The molecule has 1 rings (SSSR count). The minimum absolute atomic E-state index is 0.0814. The smallest absolute Gasteiger partial charge is 0.457 e. The molecule has 12 nitrogen and oxygen atoms in total. The molecule has 0 aromatic heterocycles. The van der Waals surface area contributed by atoms with Gasteiger partial charge in [-0.1, -0.05) is 178 Å². The first kappa shape index (κ1) is 57.3. The van der Waals surface area contributed by atoms with Gasteiger partial charge in [-0.25, -0.2) is 4.57 Å². The summed E-state index contributed by atoms with van der Waals surface area (Å²) in [5.41, 5.74) is 0. The number of phosphoric acid groups is 1. The SMILES string of the molecule is CC/C=C\C/C=C\C/C=C\C/C=C\CCCCCCCCC(=O)OC(COCCCCCCCCCCCCCCCCC)COP(=O)(O)OC1C(O)C(O)C(O)C(O)C1O. The van der Waals surface area contributed by atoms with E-state index < -0.39 is 63.1 Å². The zero-order chi connectivity index (χ0) is 44.8. The lowest BCUT2D eigenvalue weighted by molar-refractivity contribution is -0.220. The third-order valence-corrected chi connectivity index (χ3v) is 12.0. The van der Waals surface area contributed by atoms with Crippen LogP contribution in [0.1, 0.15) is 187 Å². The molecule has 1 fully saturated rings. The number of unbranched alkanes of at least 4 members (excludes halogenated alkanes) is 20. The Morgan fingerprint density at radius 1 is 0.541 bits per heavy atom. The second kappa shape index (κ2) is 38.7. The lowest BCUT2D eigenvalue weighted by atomic mass is 9.85. The molecule has 6 N–H and O–H groups in total. The van der Waals surface area contributed by atoms with E-state index in [0.717, 1.165) is 83.5 Å². The van der Waals surface area contributed by atoms with Crippen molar-refractivity contribution in [3.8, 4) is 0 Å². The Kier molecular flexibility index (Phi) is 36.4. The molecule has 0 saturated heterocycles. The van der Waals surface area contributed by atoms with Crippen molar-refractivity contribution in [2.45, 2.75) is 230 Å². The second-order valence-corrected chi connectivity index (χ2v) is 18.0. The van der Waals surface area contributed by atoms with Gasteiger partial charge in [0.15, 0.2) is 0 Å². The van der Waals surface area contributed by atoms with Crippen LogP contribution in [0, 0.1) is 0 Å². The zero-order valence-electron chi connectivity index (χ0n) is 38.0. The number of rotatable bonds is 40. The minimum Gasteiger partial charge on any atom is -0.457 e. The molecule has 1 aliphatic carbocycles. The summed E-state index contributed by atoms with van der Waals surface area (Å²) in [6, 6.07) is 0. The van der Waals surface area contributed by atoms with Crippen LogP contribution in [-0.4, -0.2) is 98.9 Å². The van der Waals surface area contributed by atoms with Crippen LogP contribution < -0.4 is 0 Å². The molecule has 0 heterocycles. The molecule has 61 heavy (non-hydrogen) atoms. The van der Waals surface area contributed by atoms with Crippen molar-refractivity contribution in [3.63, 3.8) is 0 Å². The van der Waals surface area contributed by atoms with Gasteiger partial charge in [0, 0.05) is 13.0 Å². The molecule has 6 unspecified atom stereocenters. The summed E-state index contributed by atoms with van der Waals surface area (Å²) < 4.78 is 34.2. The van der Waals surface area contributed by atoms with E-state index in [-0.39, 0.29) is 13.0 Å². The first-order valence-corrected chi connectivity index (χ1v) is 25.5. The number of aliphatic hydroxyl groups excluding tert-OH is 5. The molecule has 6 atom stereocenters. The summed E-state index contributed by atoms with van der Waals surface area (Å²) in [7, 11) is -5.02. The average molecular weight is 887 g/mol. The van der Waals surface area contributed by atoms with Crippen LogP contribution in [0.25, 0.3) is 0 Å². The molecule has 0 aromatic carbocycles. The van der Waals surface area contributed by atoms with Crippen LogP contribution in [-0.2, 0) is 27.9 Å². The number of allylic oxidation sites excluding steroid dienone is 8. The summed E-state index contributed by atoms with van der Waals surface area (Å²) in [6.45, 7) is 4.14. The van der Waals surface area contributed by atoms with E-state index in [1.807, 2.05) is 0 Å². The molecule has 13 heteroatoms. The molecular formula is C48H87O12P. The maximum atomic E-state index is 12.8. The molecule has 0 bridgehead atoms. The number of hydrogen-bond donors (Lipinski definition) is 6. The Morgan fingerprint density at radius 3 is 1.48 bits per heavy atom. The fourth-order valence-corrected chi connectivity index (χ4v) is 8.14. The zero-order valence-corrected chi connectivity index (χ0v) is 38.8. The van der Waals surface area contributed by atoms with E-state index in [0.29, 0.717) is 13.0 Å². The molecule has 1 saturated carbocycles. The van der Waals surface area contributed by atoms with Crippen molar-refractivity contribution in [1.82, 2.24) is 0 Å². The van der Waals surface area contributed by atoms with Gasteiger partial charge in [-0.15, -0.1) is 0 Å². The highest BCUT2D eigenvalue weighted by atomic mass is 31.2. The highest BCUT2D eigenvalue weighted by Crippen LogP contribution is 2.47. The number of esters is 1. The van der Waals surface area contributed by atoms with E-state index >= 15 is 0 Å². The number of carbonyl (C=O) groups is 1. The Bertz CT molecular complexity index is 1190. The quantitative estimate of drug-likeness (QED) is 0.0148. The van der Waals surface area contributed by atoms with Crippen LogP contribution in [0.2, 0.25) is 0 Å². The number of hydrogen-bond acceptors (Lipinski definition) is 11. The summed E-state index contributed by atoms with van der Waals surface area (Å²) in [4.78, 5) is 23.2. The number of phosphoric ester groups is 1. The van der Waals surface area contributed by atoms with Gasteiger partial charge in [0.05, 0.1) is 13.2 Å². The normalized spacial score (nSPS) is 22.6. The van der Waals surface area contributed by atoms with Crippen molar-refractivity contribution in [2.24, 2.45) is 0 Å². The van der Waals surface area contributed by atoms with Gasteiger partial charge in [0.25, 0.3) is 0 Å². The first-order valence-electron chi connectivity index (χ1n) is 24.0.